The van der Waals surface area contributed by atoms with Gasteiger partial charge in [-0.3, -0.25) is 9.20 Å². The highest BCUT2D eigenvalue weighted by atomic mass is 32.1. The van der Waals surface area contributed by atoms with Crippen LogP contribution in [0.25, 0.3) is 4.96 Å². The Morgan fingerprint density at radius 3 is 3.15 bits per heavy atom. The van der Waals surface area contributed by atoms with Gasteiger partial charge in [-0.15, -0.1) is 11.3 Å². The third-order valence-corrected chi connectivity index (χ3v) is 6.54. The Morgan fingerprint density at radius 2 is 2.27 bits per heavy atom. The van der Waals surface area contributed by atoms with E-state index in [2.05, 4.69) is 9.97 Å². The van der Waals surface area contributed by atoms with E-state index in [1.807, 2.05) is 40.2 Å². The van der Waals surface area contributed by atoms with E-state index < -0.39 is 0 Å². The third kappa shape index (κ3) is 2.53. The van der Waals surface area contributed by atoms with E-state index in [1.165, 1.54) is 11.3 Å². The van der Waals surface area contributed by atoms with Gasteiger partial charge in [-0.2, -0.15) is 0 Å². The van der Waals surface area contributed by atoms with E-state index >= 15 is 0 Å². The van der Waals surface area contributed by atoms with Crippen LogP contribution in [-0.4, -0.2) is 43.2 Å². The maximum atomic E-state index is 12.9. The van der Waals surface area contributed by atoms with Gasteiger partial charge in [0.15, 0.2) is 4.96 Å². The lowest BCUT2D eigenvalue weighted by Crippen LogP contribution is -2.48. The van der Waals surface area contributed by atoms with E-state index in [0.29, 0.717) is 6.42 Å². The number of thiazole rings is 1. The van der Waals surface area contributed by atoms with Crippen LogP contribution in [0.1, 0.15) is 42.0 Å². The highest BCUT2D eigenvalue weighted by molar-refractivity contribution is 7.15. The fraction of sp³-hybridized carbons (Fsp3) is 0.474. The summed E-state index contributed by atoms with van der Waals surface area (Å²) in [4.78, 5) is 29.6. The number of likely N-dealkylation sites (tertiary alicyclic amines) is 1. The van der Waals surface area contributed by atoms with Crippen LogP contribution in [0.15, 0.2) is 24.0 Å². The molecule has 1 unspecified atom stereocenters. The second kappa shape index (κ2) is 5.87. The summed E-state index contributed by atoms with van der Waals surface area (Å²) in [7, 11) is 0. The predicted molar refractivity (Wildman–Crippen MR) is 99.4 cm³/mol. The van der Waals surface area contributed by atoms with Crippen LogP contribution >= 0.6 is 11.3 Å². The maximum Gasteiger partial charge on any atom is 0.228 e. The minimum absolute atomic E-state index is 0.0193. The lowest BCUT2D eigenvalue weighted by atomic mass is 9.77. The normalized spacial score (nSPS) is 22.3. The summed E-state index contributed by atoms with van der Waals surface area (Å²) in [6, 6.07) is 0. The number of fused-ring (bicyclic) bond motifs is 3. The SMILES string of the molecule is Cc1ncc2c(n1)C1(CCCN(C(=O)Cc3cn4ccsc4n3)C1)CC2. The van der Waals surface area contributed by atoms with Crippen molar-refractivity contribution in [2.24, 2.45) is 0 Å². The van der Waals surface area contributed by atoms with E-state index in [9.17, 15) is 4.79 Å². The first-order chi connectivity index (χ1) is 12.6. The van der Waals surface area contributed by atoms with Crippen molar-refractivity contribution < 1.29 is 4.79 Å². The highest BCUT2D eigenvalue weighted by Gasteiger charge is 2.44. The monoisotopic (exact) mass is 367 g/mol. The molecule has 5 rings (SSSR count). The first kappa shape index (κ1) is 15.9. The molecule has 0 bridgehead atoms. The Bertz CT molecular complexity index is 960. The van der Waals surface area contributed by atoms with Crippen molar-refractivity contribution >= 4 is 22.2 Å². The van der Waals surface area contributed by atoms with Gasteiger partial charge in [0.2, 0.25) is 5.91 Å². The Balaban J connectivity index is 1.37. The molecule has 26 heavy (non-hydrogen) atoms. The molecule has 1 atom stereocenters. The number of hydrogen-bond donors (Lipinski definition) is 0. The zero-order chi connectivity index (χ0) is 17.7. The largest absolute Gasteiger partial charge is 0.341 e. The first-order valence-corrected chi connectivity index (χ1v) is 10.0. The Morgan fingerprint density at radius 1 is 1.35 bits per heavy atom. The maximum absolute atomic E-state index is 12.9. The van der Waals surface area contributed by atoms with Crippen LogP contribution in [-0.2, 0) is 23.1 Å². The molecule has 0 saturated carbocycles. The minimum atomic E-state index is 0.0193. The van der Waals surface area contributed by atoms with Crippen LogP contribution in [0.4, 0.5) is 0 Å². The van der Waals surface area contributed by atoms with Crippen LogP contribution in [0.3, 0.4) is 0 Å². The van der Waals surface area contributed by atoms with Gasteiger partial charge < -0.3 is 4.90 Å². The van der Waals surface area contributed by atoms with Crippen LogP contribution in [0, 0.1) is 6.92 Å². The lowest BCUT2D eigenvalue weighted by Gasteiger charge is -2.40. The topological polar surface area (TPSA) is 63.4 Å². The fourth-order valence-electron chi connectivity index (χ4n) is 4.50. The molecule has 1 fully saturated rings. The van der Waals surface area contributed by atoms with Gasteiger partial charge in [0, 0.05) is 42.5 Å². The van der Waals surface area contributed by atoms with E-state index in [4.69, 9.17) is 4.98 Å². The summed E-state index contributed by atoms with van der Waals surface area (Å²) in [6.45, 7) is 3.56. The molecule has 1 aliphatic heterocycles. The van der Waals surface area contributed by atoms with Gasteiger partial charge >= 0.3 is 0 Å². The number of aromatic nitrogens is 4. The van der Waals surface area contributed by atoms with Crippen molar-refractivity contribution in [1.29, 1.82) is 0 Å². The van der Waals surface area contributed by atoms with Crippen LogP contribution in [0.5, 0.6) is 0 Å². The molecule has 0 aromatic carbocycles. The van der Waals surface area contributed by atoms with Gasteiger partial charge in [-0.1, -0.05) is 0 Å². The third-order valence-electron chi connectivity index (χ3n) is 5.77. The van der Waals surface area contributed by atoms with Crippen molar-refractivity contribution in [3.63, 3.8) is 0 Å². The van der Waals surface area contributed by atoms with E-state index in [1.54, 1.807) is 11.3 Å². The smallest absolute Gasteiger partial charge is 0.228 e. The number of imidazole rings is 1. The van der Waals surface area contributed by atoms with Crippen molar-refractivity contribution in [2.45, 2.75) is 44.4 Å². The molecule has 0 radical (unpaired) electrons. The van der Waals surface area contributed by atoms with Crippen molar-refractivity contribution in [1.82, 2.24) is 24.3 Å². The predicted octanol–water partition coefficient (Wildman–Crippen LogP) is 2.54. The number of nitrogens with zero attached hydrogens (tertiary/aromatic N) is 5. The first-order valence-electron chi connectivity index (χ1n) is 9.15. The quantitative estimate of drug-likeness (QED) is 0.698. The molecule has 1 spiro atoms. The molecule has 1 saturated heterocycles. The molecule has 2 aliphatic rings. The van der Waals surface area contributed by atoms with Gasteiger partial charge in [0.25, 0.3) is 0 Å². The number of hydrogen-bond acceptors (Lipinski definition) is 5. The second-order valence-electron chi connectivity index (χ2n) is 7.49. The number of piperidine rings is 1. The summed E-state index contributed by atoms with van der Waals surface area (Å²) >= 11 is 1.59. The van der Waals surface area contributed by atoms with E-state index in [-0.39, 0.29) is 11.3 Å². The molecule has 3 aromatic heterocycles. The summed E-state index contributed by atoms with van der Waals surface area (Å²) in [6.07, 6.45) is 10.5. The highest BCUT2D eigenvalue weighted by Crippen LogP contribution is 2.43. The molecule has 134 valence electrons. The molecule has 1 aliphatic carbocycles. The standard InChI is InChI=1S/C19H21N5OS/c1-13-20-10-14-3-5-19(17(14)21-13)4-2-6-24(12-19)16(25)9-15-11-23-7-8-26-18(23)22-15/h7-8,10-11H,2-6,9,12H2,1H3. The number of aryl methyl sites for hydroxylation is 2. The average molecular weight is 367 g/mol. The molecule has 0 N–H and O–H groups in total. The lowest BCUT2D eigenvalue weighted by molar-refractivity contribution is -0.132. The zero-order valence-electron chi connectivity index (χ0n) is 14.8. The molecule has 7 heteroatoms. The number of carbonyl (C=O) groups excluding carboxylic acids is 1. The van der Waals surface area contributed by atoms with Crippen LogP contribution in [0.2, 0.25) is 0 Å². The molecule has 6 nitrogen and oxygen atoms in total. The second-order valence-corrected chi connectivity index (χ2v) is 8.37. The van der Waals surface area contributed by atoms with Crippen molar-refractivity contribution in [3.8, 4) is 0 Å². The molecular formula is C19H21N5OS. The van der Waals surface area contributed by atoms with Crippen molar-refractivity contribution in [3.05, 3.63) is 46.7 Å². The Hall–Kier alpha value is -2.28. The molecule has 1 amide bonds. The van der Waals surface area contributed by atoms with Crippen molar-refractivity contribution in [2.75, 3.05) is 13.1 Å². The summed E-state index contributed by atoms with van der Waals surface area (Å²) in [5, 5.41) is 2.00. The molecule has 3 aromatic rings. The van der Waals surface area contributed by atoms with Gasteiger partial charge in [0.05, 0.1) is 17.8 Å². The Kier molecular flexibility index (Phi) is 3.60. The Labute approximate surface area is 155 Å². The summed E-state index contributed by atoms with van der Waals surface area (Å²) in [5.41, 5.74) is 3.32. The average Bonchev–Trinajstić information content (AvgIpc) is 3.30. The summed E-state index contributed by atoms with van der Waals surface area (Å²) in [5.74, 6) is 1.00. The number of amides is 1. The van der Waals surface area contributed by atoms with Gasteiger partial charge in [-0.05, 0) is 38.2 Å². The minimum Gasteiger partial charge on any atom is -0.341 e. The number of carbonyl (C=O) groups is 1. The fourth-order valence-corrected chi connectivity index (χ4v) is 5.22. The molecule has 4 heterocycles. The van der Waals surface area contributed by atoms with Gasteiger partial charge in [0.1, 0.15) is 5.82 Å². The molecular weight excluding hydrogens is 346 g/mol. The zero-order valence-corrected chi connectivity index (χ0v) is 15.6. The van der Waals surface area contributed by atoms with Crippen LogP contribution < -0.4 is 0 Å². The summed E-state index contributed by atoms with van der Waals surface area (Å²) < 4.78 is 1.98. The van der Waals surface area contributed by atoms with Gasteiger partial charge in [-0.25, -0.2) is 15.0 Å². The van der Waals surface area contributed by atoms with E-state index in [0.717, 1.165) is 55.3 Å². The number of rotatable bonds is 2.